The van der Waals surface area contributed by atoms with Gasteiger partial charge in [0.1, 0.15) is 5.75 Å². The van der Waals surface area contributed by atoms with Crippen LogP contribution in [0.4, 0.5) is 5.69 Å². The van der Waals surface area contributed by atoms with E-state index in [4.69, 9.17) is 4.74 Å². The molecule has 5 heteroatoms. The topological polar surface area (TPSA) is 50.4 Å². The first kappa shape index (κ1) is 12.4. The molecule has 0 aliphatic carbocycles. The summed E-state index contributed by atoms with van der Waals surface area (Å²) in [5, 5.41) is 6.05. The molecule has 92 valence electrons. The number of carbonyl (C=O) groups excluding carboxylic acids is 1. The first-order valence-corrected chi connectivity index (χ1v) is 6.38. The minimum atomic E-state index is -0.0845. The van der Waals surface area contributed by atoms with Crippen LogP contribution < -0.4 is 15.4 Å². The summed E-state index contributed by atoms with van der Waals surface area (Å²) in [7, 11) is 1.59. The third kappa shape index (κ3) is 2.98. The van der Waals surface area contributed by atoms with E-state index in [1.165, 1.54) is 0 Å². The number of methoxy groups -OCH3 is 1. The van der Waals surface area contributed by atoms with Crippen LogP contribution in [0.25, 0.3) is 0 Å². The minimum Gasteiger partial charge on any atom is -0.495 e. The highest BCUT2D eigenvalue weighted by molar-refractivity contribution is 9.10. The molecule has 4 nitrogen and oxygen atoms in total. The van der Waals surface area contributed by atoms with Gasteiger partial charge in [-0.05, 0) is 37.6 Å². The van der Waals surface area contributed by atoms with Gasteiger partial charge < -0.3 is 15.4 Å². The number of carbonyl (C=O) groups is 1. The van der Waals surface area contributed by atoms with Crippen molar-refractivity contribution in [2.45, 2.75) is 18.9 Å². The fraction of sp³-hybridized carbons (Fsp3) is 0.417. The Morgan fingerprint density at radius 3 is 3.06 bits per heavy atom. The highest BCUT2D eigenvalue weighted by Crippen LogP contribution is 2.28. The van der Waals surface area contributed by atoms with Crippen molar-refractivity contribution in [3.8, 4) is 5.75 Å². The fourth-order valence-electron chi connectivity index (χ4n) is 1.91. The van der Waals surface area contributed by atoms with Crippen molar-refractivity contribution in [3.63, 3.8) is 0 Å². The number of rotatable bonds is 3. The van der Waals surface area contributed by atoms with Gasteiger partial charge in [0.05, 0.1) is 18.8 Å². The van der Waals surface area contributed by atoms with E-state index in [0.29, 0.717) is 11.4 Å². The highest BCUT2D eigenvalue weighted by Gasteiger charge is 2.22. The van der Waals surface area contributed by atoms with Gasteiger partial charge in [0.25, 0.3) is 0 Å². The maximum absolute atomic E-state index is 11.9. The summed E-state index contributed by atoms with van der Waals surface area (Å²) in [6, 6.07) is 5.45. The Bertz CT molecular complexity index is 417. The van der Waals surface area contributed by atoms with Crippen LogP contribution in [0.15, 0.2) is 22.7 Å². The van der Waals surface area contributed by atoms with Crippen LogP contribution in [0.2, 0.25) is 0 Å². The Kier molecular flexibility index (Phi) is 4.02. The van der Waals surface area contributed by atoms with Crippen LogP contribution in [0.5, 0.6) is 5.75 Å². The van der Waals surface area contributed by atoms with Gasteiger partial charge in [-0.2, -0.15) is 0 Å². The van der Waals surface area contributed by atoms with E-state index in [1.807, 2.05) is 18.2 Å². The molecule has 0 bridgehead atoms. The normalized spacial score (nSPS) is 19.1. The predicted molar refractivity (Wildman–Crippen MR) is 70.3 cm³/mol. The SMILES string of the molecule is COc1ccc(Br)cc1NC(=O)C1CCCN1. The molecular weight excluding hydrogens is 284 g/mol. The standard InChI is InChI=1S/C12H15BrN2O2/c1-17-11-5-4-8(13)7-10(11)15-12(16)9-3-2-6-14-9/h4-5,7,9,14H,2-3,6H2,1H3,(H,15,16). The largest absolute Gasteiger partial charge is 0.495 e. The molecule has 1 aliphatic heterocycles. The monoisotopic (exact) mass is 298 g/mol. The van der Waals surface area contributed by atoms with Crippen LogP contribution in [0.1, 0.15) is 12.8 Å². The molecule has 1 aliphatic rings. The molecule has 2 rings (SSSR count). The Labute approximate surface area is 109 Å². The first-order chi connectivity index (χ1) is 8.20. The average molecular weight is 299 g/mol. The van der Waals surface area contributed by atoms with Crippen LogP contribution >= 0.6 is 15.9 Å². The van der Waals surface area contributed by atoms with Gasteiger partial charge in [-0.15, -0.1) is 0 Å². The second kappa shape index (κ2) is 5.51. The summed E-state index contributed by atoms with van der Waals surface area (Å²) in [4.78, 5) is 11.9. The molecule has 0 radical (unpaired) electrons. The van der Waals surface area contributed by atoms with Crippen LogP contribution in [-0.2, 0) is 4.79 Å². The Morgan fingerprint density at radius 1 is 1.59 bits per heavy atom. The maximum atomic E-state index is 11.9. The lowest BCUT2D eigenvalue weighted by atomic mass is 10.2. The number of hydrogen-bond acceptors (Lipinski definition) is 3. The summed E-state index contributed by atoms with van der Waals surface area (Å²) >= 11 is 3.38. The smallest absolute Gasteiger partial charge is 0.241 e. The molecular formula is C12H15BrN2O2. The number of hydrogen-bond donors (Lipinski definition) is 2. The maximum Gasteiger partial charge on any atom is 0.241 e. The van der Waals surface area contributed by atoms with Crippen molar-refractivity contribution in [2.24, 2.45) is 0 Å². The summed E-state index contributed by atoms with van der Waals surface area (Å²) in [5.74, 6) is 0.665. The minimum absolute atomic E-state index is 0.00102. The van der Waals surface area contributed by atoms with Crippen molar-refractivity contribution in [1.29, 1.82) is 0 Å². The van der Waals surface area contributed by atoms with Gasteiger partial charge in [0.15, 0.2) is 0 Å². The van der Waals surface area contributed by atoms with E-state index in [2.05, 4.69) is 26.6 Å². The van der Waals surface area contributed by atoms with E-state index in [9.17, 15) is 4.79 Å². The van der Waals surface area contributed by atoms with E-state index >= 15 is 0 Å². The quantitative estimate of drug-likeness (QED) is 0.899. The lowest BCUT2D eigenvalue weighted by molar-refractivity contribution is -0.117. The van der Waals surface area contributed by atoms with Crippen LogP contribution in [-0.4, -0.2) is 25.6 Å². The fourth-order valence-corrected chi connectivity index (χ4v) is 2.27. The zero-order valence-electron chi connectivity index (χ0n) is 9.63. The number of halogens is 1. The lowest BCUT2D eigenvalue weighted by Crippen LogP contribution is -2.35. The van der Waals surface area contributed by atoms with Crippen LogP contribution in [0.3, 0.4) is 0 Å². The number of nitrogens with one attached hydrogen (secondary N) is 2. The van der Waals surface area contributed by atoms with E-state index in [-0.39, 0.29) is 11.9 Å². The zero-order valence-corrected chi connectivity index (χ0v) is 11.2. The summed E-state index contributed by atoms with van der Waals surface area (Å²) in [6.07, 6.45) is 1.94. The molecule has 1 heterocycles. The highest BCUT2D eigenvalue weighted by atomic mass is 79.9. The second-order valence-corrected chi connectivity index (χ2v) is 4.90. The van der Waals surface area contributed by atoms with Crippen molar-refractivity contribution < 1.29 is 9.53 Å². The third-order valence-electron chi connectivity index (χ3n) is 2.80. The molecule has 1 unspecified atom stereocenters. The van der Waals surface area contributed by atoms with Crippen molar-refractivity contribution in [3.05, 3.63) is 22.7 Å². The molecule has 0 saturated carbocycles. The molecule has 0 spiro atoms. The molecule has 1 amide bonds. The summed E-state index contributed by atoms with van der Waals surface area (Å²) in [5.41, 5.74) is 0.695. The molecule has 1 aromatic carbocycles. The van der Waals surface area contributed by atoms with Gasteiger partial charge in [-0.25, -0.2) is 0 Å². The van der Waals surface area contributed by atoms with Gasteiger partial charge in [-0.3, -0.25) is 4.79 Å². The number of anilines is 1. The van der Waals surface area contributed by atoms with Crippen molar-refractivity contribution in [1.82, 2.24) is 5.32 Å². The first-order valence-electron chi connectivity index (χ1n) is 5.58. The zero-order chi connectivity index (χ0) is 12.3. The van der Waals surface area contributed by atoms with Gasteiger partial charge in [0, 0.05) is 4.47 Å². The molecule has 1 saturated heterocycles. The molecule has 0 aromatic heterocycles. The Hall–Kier alpha value is -1.07. The van der Waals surface area contributed by atoms with E-state index in [1.54, 1.807) is 7.11 Å². The summed E-state index contributed by atoms with van der Waals surface area (Å²) in [6.45, 7) is 0.910. The molecule has 1 aromatic rings. The second-order valence-electron chi connectivity index (χ2n) is 3.98. The van der Waals surface area contributed by atoms with E-state index < -0.39 is 0 Å². The molecule has 17 heavy (non-hydrogen) atoms. The number of ether oxygens (including phenoxy) is 1. The molecule has 1 fully saturated rings. The number of benzene rings is 1. The lowest BCUT2D eigenvalue weighted by Gasteiger charge is -2.14. The van der Waals surface area contributed by atoms with E-state index in [0.717, 1.165) is 23.9 Å². The number of amides is 1. The van der Waals surface area contributed by atoms with Gasteiger partial charge in [0.2, 0.25) is 5.91 Å². The Morgan fingerprint density at radius 2 is 2.41 bits per heavy atom. The average Bonchev–Trinajstić information content (AvgIpc) is 2.83. The van der Waals surface area contributed by atoms with Gasteiger partial charge >= 0.3 is 0 Å². The van der Waals surface area contributed by atoms with Crippen molar-refractivity contribution >= 4 is 27.5 Å². The van der Waals surface area contributed by atoms with Crippen LogP contribution in [0, 0.1) is 0 Å². The molecule has 1 atom stereocenters. The molecule has 2 N–H and O–H groups in total. The Balaban J connectivity index is 2.11. The summed E-state index contributed by atoms with van der Waals surface area (Å²) < 4.78 is 6.12. The van der Waals surface area contributed by atoms with Gasteiger partial charge in [-0.1, -0.05) is 15.9 Å². The third-order valence-corrected chi connectivity index (χ3v) is 3.29. The predicted octanol–water partition coefficient (Wildman–Crippen LogP) is 2.15. The van der Waals surface area contributed by atoms with Crippen molar-refractivity contribution in [2.75, 3.05) is 19.0 Å².